The van der Waals surface area contributed by atoms with Crippen molar-refractivity contribution >= 4 is 70.6 Å². The van der Waals surface area contributed by atoms with Crippen LogP contribution in [0.4, 0.5) is 0 Å². The molecule has 10 aromatic rings. The molecule has 256 valence electrons. The van der Waals surface area contributed by atoms with E-state index >= 15 is 0 Å². The van der Waals surface area contributed by atoms with Crippen LogP contribution < -0.4 is 34.0 Å². The Morgan fingerprint density at radius 2 is 0.712 bits per heavy atom. The molecule has 0 radical (unpaired) electrons. The van der Waals surface area contributed by atoms with E-state index in [1.54, 1.807) is 23.3 Å². The maximum Gasteiger partial charge on any atom is 0.0532 e. The summed E-state index contributed by atoms with van der Waals surface area (Å²) in [5, 5.41) is 10.5. The third-order valence-corrected chi connectivity index (χ3v) is 9.39. The van der Waals surface area contributed by atoms with E-state index in [0.29, 0.717) is 0 Å². The zero-order valence-electron chi connectivity index (χ0n) is 29.7. The molecule has 8 aromatic carbocycles. The maximum atomic E-state index is 2.40. The van der Waals surface area contributed by atoms with Crippen molar-refractivity contribution in [3.05, 3.63) is 169 Å². The van der Waals surface area contributed by atoms with Gasteiger partial charge < -0.3 is 43.1 Å². The second-order valence-corrected chi connectivity index (χ2v) is 22.7. The molecule has 52 heavy (non-hydrogen) atoms. The van der Waals surface area contributed by atoms with Crippen molar-refractivity contribution in [3.8, 4) is 11.4 Å². The Morgan fingerprint density at radius 1 is 0.423 bits per heavy atom. The number of aryl methyl sites for hydroxylation is 2. The minimum absolute atomic E-state index is 0. The summed E-state index contributed by atoms with van der Waals surface area (Å²) in [5.41, 5.74) is 10.4. The number of nitrogens with zero attached hydrogens (tertiary/aromatic N) is 2. The quantitative estimate of drug-likeness (QED) is 0.135. The van der Waals surface area contributed by atoms with Gasteiger partial charge in [0, 0.05) is 32.9 Å². The second-order valence-electron chi connectivity index (χ2n) is 13.4. The Kier molecular flexibility index (Phi) is 11.7. The van der Waals surface area contributed by atoms with Gasteiger partial charge in [0.05, 0.1) is 22.1 Å². The van der Waals surface area contributed by atoms with E-state index in [1.807, 2.05) is 0 Å². The molecule has 6 heteroatoms. The van der Waals surface area contributed by atoms with Crippen molar-refractivity contribution in [2.75, 3.05) is 0 Å². The predicted molar refractivity (Wildman–Crippen MR) is 215 cm³/mol. The van der Waals surface area contributed by atoms with Crippen LogP contribution in [-0.4, -0.2) is 14.6 Å². The van der Waals surface area contributed by atoms with E-state index in [4.69, 9.17) is 0 Å². The molecule has 2 heterocycles. The number of benzene rings is 6. The largest absolute Gasteiger partial charge is 1.00 e. The SMILES string of the molecule is C[Si](C)=[Zr+2].Cc1cc2c(-n3c4ccccc4c4ccccc43)cccc2[cH-]1.Cc1cc2c(-n3c4ccccc4c4ccccc43)cccc2[cH-]1.[Br-].[Br-]. The first-order valence-electron chi connectivity index (χ1n) is 17.2. The minimum atomic E-state index is 0. The summed E-state index contributed by atoms with van der Waals surface area (Å²) in [6.07, 6.45) is 0. The fourth-order valence-electron chi connectivity index (χ4n) is 7.49. The number of rotatable bonds is 2. The molecule has 2 aromatic heterocycles. The van der Waals surface area contributed by atoms with Crippen LogP contribution in [0.25, 0.3) is 76.5 Å². The molecule has 0 aliphatic heterocycles. The van der Waals surface area contributed by atoms with Crippen molar-refractivity contribution in [2.24, 2.45) is 0 Å². The van der Waals surface area contributed by atoms with Crippen LogP contribution in [0.3, 0.4) is 0 Å². The van der Waals surface area contributed by atoms with Gasteiger partial charge in [-0.05, 0) is 24.3 Å². The molecule has 0 saturated carbocycles. The maximum absolute atomic E-state index is 2.40. The van der Waals surface area contributed by atoms with Crippen LogP contribution in [0.15, 0.2) is 158 Å². The van der Waals surface area contributed by atoms with Gasteiger partial charge in [0.15, 0.2) is 0 Å². The van der Waals surface area contributed by atoms with Crippen molar-refractivity contribution in [3.63, 3.8) is 0 Å². The minimum Gasteiger partial charge on any atom is -1.00 e. The third kappa shape index (κ3) is 6.99. The summed E-state index contributed by atoms with van der Waals surface area (Å²) in [5.74, 6) is 0. The van der Waals surface area contributed by atoms with Crippen molar-refractivity contribution in [2.45, 2.75) is 26.9 Å². The molecule has 0 atom stereocenters. The first-order valence-corrected chi connectivity index (χ1v) is 23.4. The van der Waals surface area contributed by atoms with Crippen molar-refractivity contribution in [1.82, 2.24) is 9.13 Å². The van der Waals surface area contributed by atoms with Gasteiger partial charge in [-0.1, -0.05) is 98.8 Å². The van der Waals surface area contributed by atoms with Gasteiger partial charge in [0.2, 0.25) is 0 Å². The summed E-state index contributed by atoms with van der Waals surface area (Å²) >= 11 is 1.74. The van der Waals surface area contributed by atoms with Crippen LogP contribution >= 0.6 is 0 Å². The van der Waals surface area contributed by atoms with Crippen LogP contribution in [0.1, 0.15) is 11.1 Å². The van der Waals surface area contributed by atoms with Crippen molar-refractivity contribution < 1.29 is 57.3 Å². The molecular weight excluding hydrogens is 860 g/mol. The molecule has 0 saturated heterocycles. The van der Waals surface area contributed by atoms with Gasteiger partial charge in [0.25, 0.3) is 0 Å². The van der Waals surface area contributed by atoms with Crippen LogP contribution in [-0.2, 0) is 23.3 Å². The monoisotopic (exact) mass is 894 g/mol. The Morgan fingerprint density at radius 3 is 1.02 bits per heavy atom. The number of hydrogen-bond acceptors (Lipinski definition) is 0. The van der Waals surface area contributed by atoms with E-state index in [2.05, 4.69) is 194 Å². The van der Waals surface area contributed by atoms with Gasteiger partial charge >= 0.3 is 41.9 Å². The van der Waals surface area contributed by atoms with Gasteiger partial charge in [-0.2, -0.15) is 12.1 Å². The number of hydrogen-bond donors (Lipinski definition) is 0. The summed E-state index contributed by atoms with van der Waals surface area (Å²) < 4.78 is 4.79. The van der Waals surface area contributed by atoms with Gasteiger partial charge in [-0.25, -0.2) is 0 Å². The number of aromatic nitrogens is 2. The summed E-state index contributed by atoms with van der Waals surface area (Å²) in [7, 11) is 0. The molecule has 0 fully saturated rings. The fourth-order valence-corrected chi connectivity index (χ4v) is 7.49. The zero-order valence-corrected chi connectivity index (χ0v) is 36.3. The number of para-hydroxylation sites is 4. The molecule has 0 amide bonds. The van der Waals surface area contributed by atoms with Gasteiger partial charge in [0.1, 0.15) is 0 Å². The Balaban J connectivity index is 0.000000157. The normalized spacial score (nSPS) is 10.9. The molecule has 0 N–H and O–H groups in total. The molecular formula is C46H38Br2N2SiZr-2. The fraction of sp³-hybridized carbons (Fsp3) is 0.0870. The van der Waals surface area contributed by atoms with E-state index in [9.17, 15) is 0 Å². The summed E-state index contributed by atoms with van der Waals surface area (Å²) in [6.45, 7) is 8.94. The van der Waals surface area contributed by atoms with Crippen LogP contribution in [0.5, 0.6) is 0 Å². The Bertz CT molecular complexity index is 2550. The average molecular weight is 898 g/mol. The molecule has 10 rings (SSSR count). The van der Waals surface area contributed by atoms with Gasteiger partial charge in [-0.3, -0.25) is 0 Å². The second kappa shape index (κ2) is 16.1. The molecule has 0 aliphatic rings. The Labute approximate surface area is 341 Å². The molecule has 0 unspecified atom stereocenters. The molecule has 0 bridgehead atoms. The topological polar surface area (TPSA) is 9.86 Å². The first kappa shape index (κ1) is 37.9. The summed E-state index contributed by atoms with van der Waals surface area (Å²) in [6, 6.07) is 56.9. The molecule has 0 spiro atoms. The van der Waals surface area contributed by atoms with E-state index in [0.717, 1.165) is 0 Å². The average Bonchev–Trinajstić information content (AvgIpc) is 3.87. The number of fused-ring (bicyclic) bond motifs is 8. The summed E-state index contributed by atoms with van der Waals surface area (Å²) in [4.78, 5) is 0. The van der Waals surface area contributed by atoms with Crippen LogP contribution in [0, 0.1) is 13.8 Å². The predicted octanol–water partition coefficient (Wildman–Crippen LogP) is 6.72. The van der Waals surface area contributed by atoms with E-state index in [-0.39, 0.29) is 39.4 Å². The van der Waals surface area contributed by atoms with Gasteiger partial charge in [-0.15, -0.1) is 69.1 Å². The third-order valence-electron chi connectivity index (χ3n) is 9.39. The standard InChI is InChI=1S/2C22H16N.C2H6Si.2BrH.Zr/c2*1-15-13-16-7-6-12-22(19(16)14-15)23-20-10-4-2-8-17(20)18-9-3-5-11-21(18)23;1-3-2;;;/h2*2-14H,1H3;1-2H3;2*1H;/q2*-1;;;;+2/p-2. The van der Waals surface area contributed by atoms with E-state index < -0.39 is 0 Å². The zero-order chi connectivity index (χ0) is 34.4. The molecule has 2 nitrogen and oxygen atoms in total. The first-order chi connectivity index (χ1) is 24.4. The van der Waals surface area contributed by atoms with Crippen molar-refractivity contribution in [1.29, 1.82) is 0 Å². The van der Waals surface area contributed by atoms with E-state index in [1.165, 1.54) is 87.7 Å². The number of halogens is 2. The molecule has 0 aliphatic carbocycles. The smallest absolute Gasteiger partial charge is 0.0532 e. The Hall–Kier alpha value is -3.80. The van der Waals surface area contributed by atoms with Crippen LogP contribution in [0.2, 0.25) is 13.1 Å².